The molecule has 1 aromatic heterocycles. The molecule has 0 aliphatic rings. The number of halogens is 2. The molecule has 0 amide bonds. The van der Waals surface area contributed by atoms with Gasteiger partial charge in [0.05, 0.1) is 12.2 Å². The maximum atomic E-state index is 14.6. The van der Waals surface area contributed by atoms with Gasteiger partial charge in [0.15, 0.2) is 5.78 Å². The number of ketones is 1. The lowest BCUT2D eigenvalue weighted by Crippen LogP contribution is -2.22. The molecule has 2 aromatic carbocycles. The van der Waals surface area contributed by atoms with Crippen LogP contribution in [-0.4, -0.2) is 29.0 Å². The number of fused-ring (bicyclic) bond motifs is 1. The highest BCUT2D eigenvalue weighted by atomic mass is 19.1. The highest BCUT2D eigenvalue weighted by molar-refractivity contribution is 6.16. The SMILES string of the molecule is C[C@H](NCCO)c1cc(F)c(C(=O)c2cccc3c(=O)[nH]ccc23)c(F)c1. The average molecular weight is 372 g/mol. The quantitative estimate of drug-likeness (QED) is 0.581. The van der Waals surface area contributed by atoms with E-state index in [9.17, 15) is 18.4 Å². The number of aromatic nitrogens is 1. The van der Waals surface area contributed by atoms with Crippen molar-refractivity contribution in [3.05, 3.63) is 81.3 Å². The van der Waals surface area contributed by atoms with Crippen LogP contribution < -0.4 is 10.9 Å². The molecule has 0 saturated heterocycles. The summed E-state index contributed by atoms with van der Waals surface area (Å²) in [5.74, 6) is -2.78. The summed E-state index contributed by atoms with van der Waals surface area (Å²) >= 11 is 0. The minimum atomic E-state index is -0.977. The molecule has 1 heterocycles. The second-order valence-corrected chi connectivity index (χ2v) is 6.16. The van der Waals surface area contributed by atoms with E-state index < -0.39 is 29.0 Å². The fourth-order valence-corrected chi connectivity index (χ4v) is 3.01. The maximum absolute atomic E-state index is 14.6. The van der Waals surface area contributed by atoms with Crippen LogP contribution in [0.15, 0.2) is 47.4 Å². The molecule has 0 radical (unpaired) electrons. The van der Waals surface area contributed by atoms with Crippen LogP contribution in [0, 0.1) is 11.6 Å². The topological polar surface area (TPSA) is 82.2 Å². The summed E-state index contributed by atoms with van der Waals surface area (Å²) in [7, 11) is 0. The number of aliphatic hydroxyl groups excluding tert-OH is 1. The summed E-state index contributed by atoms with van der Waals surface area (Å²) in [5, 5.41) is 12.3. The van der Waals surface area contributed by atoms with E-state index in [0.717, 1.165) is 12.1 Å². The summed E-state index contributed by atoms with van der Waals surface area (Å²) in [6.07, 6.45) is 1.38. The number of aliphatic hydroxyl groups is 1. The maximum Gasteiger partial charge on any atom is 0.255 e. The van der Waals surface area contributed by atoms with Crippen molar-refractivity contribution in [3.8, 4) is 0 Å². The van der Waals surface area contributed by atoms with Crippen molar-refractivity contribution in [2.45, 2.75) is 13.0 Å². The van der Waals surface area contributed by atoms with Crippen LogP contribution in [0.4, 0.5) is 8.78 Å². The average Bonchev–Trinajstić information content (AvgIpc) is 2.65. The second kappa shape index (κ2) is 7.77. The number of carbonyl (C=O) groups is 1. The van der Waals surface area contributed by atoms with E-state index in [2.05, 4.69) is 10.3 Å². The molecule has 140 valence electrons. The van der Waals surface area contributed by atoms with E-state index in [1.165, 1.54) is 30.5 Å². The molecule has 0 spiro atoms. The second-order valence-electron chi connectivity index (χ2n) is 6.16. The van der Waals surface area contributed by atoms with Gasteiger partial charge < -0.3 is 15.4 Å². The zero-order valence-electron chi connectivity index (χ0n) is 14.6. The van der Waals surface area contributed by atoms with Crippen molar-refractivity contribution < 1.29 is 18.7 Å². The molecule has 0 unspecified atom stereocenters. The predicted molar refractivity (Wildman–Crippen MR) is 97.9 cm³/mol. The van der Waals surface area contributed by atoms with Crippen LogP contribution in [0.3, 0.4) is 0 Å². The predicted octanol–water partition coefficient (Wildman–Crippen LogP) is 2.68. The molecule has 0 aliphatic carbocycles. The normalized spacial score (nSPS) is 12.3. The van der Waals surface area contributed by atoms with Gasteiger partial charge in [-0.15, -0.1) is 0 Å². The molecule has 3 aromatic rings. The molecular weight excluding hydrogens is 354 g/mol. The smallest absolute Gasteiger partial charge is 0.255 e. The highest BCUT2D eigenvalue weighted by Crippen LogP contribution is 2.25. The number of pyridine rings is 1. The number of carbonyl (C=O) groups excluding carboxylic acids is 1. The van der Waals surface area contributed by atoms with E-state index in [1.807, 2.05) is 0 Å². The highest BCUT2D eigenvalue weighted by Gasteiger charge is 2.23. The van der Waals surface area contributed by atoms with E-state index in [0.29, 0.717) is 10.9 Å². The largest absolute Gasteiger partial charge is 0.395 e. The molecule has 1 atom stereocenters. The Morgan fingerprint density at radius 1 is 1.19 bits per heavy atom. The Bertz CT molecular complexity index is 1040. The van der Waals surface area contributed by atoms with Gasteiger partial charge in [-0.1, -0.05) is 12.1 Å². The summed E-state index contributed by atoms with van der Waals surface area (Å²) in [4.78, 5) is 27.2. The standard InChI is InChI=1S/C20H18F2N2O3/c1-11(23-7-8-25)12-9-16(21)18(17(22)10-12)19(26)14-3-2-4-15-13(14)5-6-24-20(15)27/h2-6,9-11,23,25H,7-8H2,1H3,(H,24,27)/t11-/m0/s1. The molecule has 5 nitrogen and oxygen atoms in total. The zero-order valence-corrected chi connectivity index (χ0v) is 14.6. The Labute approximate surface area is 153 Å². The number of nitrogens with one attached hydrogen (secondary N) is 2. The van der Waals surface area contributed by atoms with Crippen molar-refractivity contribution in [3.63, 3.8) is 0 Å². The van der Waals surface area contributed by atoms with Crippen molar-refractivity contribution in [1.29, 1.82) is 0 Å². The minimum Gasteiger partial charge on any atom is -0.395 e. The molecule has 0 aliphatic heterocycles. The lowest BCUT2D eigenvalue weighted by atomic mass is 9.95. The van der Waals surface area contributed by atoms with Gasteiger partial charge in [-0.05, 0) is 42.1 Å². The Morgan fingerprint density at radius 2 is 1.89 bits per heavy atom. The third-order valence-electron chi connectivity index (χ3n) is 4.41. The van der Waals surface area contributed by atoms with E-state index >= 15 is 0 Å². The van der Waals surface area contributed by atoms with Gasteiger partial charge in [-0.3, -0.25) is 9.59 Å². The van der Waals surface area contributed by atoms with Crippen LogP contribution in [-0.2, 0) is 0 Å². The summed E-state index contributed by atoms with van der Waals surface area (Å²) < 4.78 is 29.2. The van der Waals surface area contributed by atoms with Gasteiger partial charge in [0.25, 0.3) is 5.56 Å². The van der Waals surface area contributed by atoms with Crippen LogP contribution in [0.1, 0.15) is 34.5 Å². The van der Waals surface area contributed by atoms with Gasteiger partial charge in [-0.25, -0.2) is 8.78 Å². The van der Waals surface area contributed by atoms with E-state index in [4.69, 9.17) is 5.11 Å². The summed E-state index contributed by atoms with van der Waals surface area (Å²) in [6.45, 7) is 1.87. The first-order valence-corrected chi connectivity index (χ1v) is 8.42. The summed E-state index contributed by atoms with van der Waals surface area (Å²) in [5.41, 5.74) is -0.678. The van der Waals surface area contributed by atoms with Gasteiger partial charge in [0.1, 0.15) is 11.6 Å². The Kier molecular flexibility index (Phi) is 5.43. The molecule has 0 fully saturated rings. The lowest BCUT2D eigenvalue weighted by Gasteiger charge is -2.15. The number of hydrogen-bond donors (Lipinski definition) is 3. The van der Waals surface area contributed by atoms with Crippen molar-refractivity contribution in [1.82, 2.24) is 10.3 Å². The van der Waals surface area contributed by atoms with Crippen LogP contribution in [0.2, 0.25) is 0 Å². The number of aromatic amines is 1. The molecule has 3 rings (SSSR count). The van der Waals surface area contributed by atoms with Crippen LogP contribution in [0.25, 0.3) is 10.8 Å². The monoisotopic (exact) mass is 372 g/mol. The van der Waals surface area contributed by atoms with Crippen molar-refractivity contribution >= 4 is 16.6 Å². The molecule has 27 heavy (non-hydrogen) atoms. The lowest BCUT2D eigenvalue weighted by molar-refractivity contribution is 0.103. The molecule has 0 bridgehead atoms. The third-order valence-corrected chi connectivity index (χ3v) is 4.41. The fourth-order valence-electron chi connectivity index (χ4n) is 3.01. The van der Waals surface area contributed by atoms with Crippen molar-refractivity contribution in [2.24, 2.45) is 0 Å². The number of benzene rings is 2. The van der Waals surface area contributed by atoms with Crippen molar-refractivity contribution in [2.75, 3.05) is 13.2 Å². The van der Waals surface area contributed by atoms with Gasteiger partial charge in [0.2, 0.25) is 0 Å². The van der Waals surface area contributed by atoms with Gasteiger partial charge >= 0.3 is 0 Å². The Balaban J connectivity index is 2.06. The molecule has 0 saturated carbocycles. The fraction of sp³-hybridized carbons (Fsp3) is 0.200. The van der Waals surface area contributed by atoms with Gasteiger partial charge in [-0.2, -0.15) is 0 Å². The zero-order chi connectivity index (χ0) is 19.6. The first-order valence-electron chi connectivity index (χ1n) is 8.42. The minimum absolute atomic E-state index is 0.0515. The Morgan fingerprint density at radius 3 is 2.56 bits per heavy atom. The molecular formula is C20H18F2N2O3. The molecule has 7 heteroatoms. The van der Waals surface area contributed by atoms with E-state index in [1.54, 1.807) is 6.92 Å². The first kappa shape index (κ1) is 18.9. The van der Waals surface area contributed by atoms with E-state index in [-0.39, 0.29) is 29.7 Å². The Hall–Kier alpha value is -2.90. The number of rotatable bonds is 6. The number of hydrogen-bond acceptors (Lipinski definition) is 4. The van der Waals surface area contributed by atoms with Gasteiger partial charge in [0, 0.05) is 29.7 Å². The third kappa shape index (κ3) is 3.65. The molecule has 3 N–H and O–H groups in total. The van der Waals surface area contributed by atoms with Crippen LogP contribution >= 0.6 is 0 Å². The first-order chi connectivity index (χ1) is 12.9. The van der Waals surface area contributed by atoms with Crippen LogP contribution in [0.5, 0.6) is 0 Å². The summed E-state index contributed by atoms with van der Waals surface area (Å²) in [6, 6.07) is 7.79. The number of H-pyrrole nitrogens is 1.